The SMILES string of the molecule is CC(NC(=O)Nc1ccc(Oc2ncnc3cc(OCCCN4CCOCC4)c4c(c23)OCCO4)c(F)c1)c1ccc(F)cc1. The maximum absolute atomic E-state index is 15.2. The summed E-state index contributed by atoms with van der Waals surface area (Å²) >= 11 is 0. The number of nitrogens with one attached hydrogen (secondary N) is 2. The average Bonchev–Trinajstić information content (AvgIpc) is 3.05. The smallest absolute Gasteiger partial charge is 0.319 e. The average molecular weight is 622 g/mol. The van der Waals surface area contributed by atoms with E-state index in [2.05, 4.69) is 25.5 Å². The molecule has 45 heavy (non-hydrogen) atoms. The molecule has 1 saturated heterocycles. The van der Waals surface area contributed by atoms with Gasteiger partial charge in [0.1, 0.15) is 30.7 Å². The van der Waals surface area contributed by atoms with E-state index in [1.54, 1.807) is 25.1 Å². The molecule has 1 atom stereocenters. The van der Waals surface area contributed by atoms with Gasteiger partial charge in [-0.05, 0) is 43.2 Å². The number of urea groups is 1. The highest BCUT2D eigenvalue weighted by atomic mass is 19.1. The maximum Gasteiger partial charge on any atom is 0.319 e. The first-order chi connectivity index (χ1) is 21.9. The molecule has 6 rings (SSSR count). The van der Waals surface area contributed by atoms with Crippen molar-refractivity contribution in [3.8, 4) is 28.9 Å². The summed E-state index contributed by atoms with van der Waals surface area (Å²) in [5.41, 5.74) is 1.41. The van der Waals surface area contributed by atoms with Crippen molar-refractivity contribution in [2.75, 3.05) is 58.0 Å². The Bertz CT molecular complexity index is 1650. The molecule has 3 heterocycles. The third kappa shape index (κ3) is 7.32. The van der Waals surface area contributed by atoms with Crippen LogP contribution >= 0.6 is 0 Å². The summed E-state index contributed by atoms with van der Waals surface area (Å²) in [5, 5.41) is 5.75. The minimum Gasteiger partial charge on any atom is -0.489 e. The fraction of sp³-hybridized carbons (Fsp3) is 0.344. The maximum atomic E-state index is 15.2. The van der Waals surface area contributed by atoms with Crippen LogP contribution < -0.4 is 29.6 Å². The van der Waals surface area contributed by atoms with Crippen LogP contribution in [0, 0.1) is 11.6 Å². The van der Waals surface area contributed by atoms with Crippen LogP contribution in [-0.4, -0.2) is 73.6 Å². The van der Waals surface area contributed by atoms with E-state index < -0.39 is 17.9 Å². The lowest BCUT2D eigenvalue weighted by Crippen LogP contribution is -2.37. The summed E-state index contributed by atoms with van der Waals surface area (Å²) in [4.78, 5) is 23.5. The molecule has 2 aliphatic rings. The summed E-state index contributed by atoms with van der Waals surface area (Å²) in [6, 6.07) is 10.6. The van der Waals surface area contributed by atoms with Crippen LogP contribution in [0.15, 0.2) is 54.9 Å². The first-order valence-electron chi connectivity index (χ1n) is 14.7. The minimum absolute atomic E-state index is 0.0751. The number of carbonyl (C=O) groups excluding carboxylic acids is 1. The Morgan fingerprint density at radius 2 is 1.76 bits per heavy atom. The predicted molar refractivity (Wildman–Crippen MR) is 161 cm³/mol. The molecule has 1 fully saturated rings. The second kappa shape index (κ2) is 13.9. The summed E-state index contributed by atoms with van der Waals surface area (Å²) < 4.78 is 57.7. The lowest BCUT2D eigenvalue weighted by Gasteiger charge is -2.26. The molecular formula is C32H33F2N5O6. The lowest BCUT2D eigenvalue weighted by molar-refractivity contribution is 0.0357. The number of fused-ring (bicyclic) bond motifs is 3. The van der Waals surface area contributed by atoms with Gasteiger partial charge in [-0.2, -0.15) is 0 Å². The van der Waals surface area contributed by atoms with Gasteiger partial charge in [0, 0.05) is 37.5 Å². The number of anilines is 1. The highest BCUT2D eigenvalue weighted by Crippen LogP contribution is 2.48. The summed E-state index contributed by atoms with van der Waals surface area (Å²) in [5.74, 6) is 0.146. The van der Waals surface area contributed by atoms with E-state index >= 15 is 4.39 Å². The quantitative estimate of drug-likeness (QED) is 0.223. The molecule has 3 aromatic carbocycles. The number of hydrogen-bond acceptors (Lipinski definition) is 9. The number of ether oxygens (including phenoxy) is 5. The summed E-state index contributed by atoms with van der Waals surface area (Å²) in [6.07, 6.45) is 2.14. The number of rotatable bonds is 10. The Labute approximate surface area is 258 Å². The van der Waals surface area contributed by atoms with Gasteiger partial charge in [-0.25, -0.2) is 23.5 Å². The number of benzene rings is 3. The molecule has 1 unspecified atom stereocenters. The van der Waals surface area contributed by atoms with E-state index in [0.29, 0.717) is 48.0 Å². The predicted octanol–water partition coefficient (Wildman–Crippen LogP) is 5.46. The molecule has 13 heteroatoms. The molecule has 0 radical (unpaired) electrons. The van der Waals surface area contributed by atoms with Gasteiger partial charge in [-0.3, -0.25) is 4.90 Å². The lowest BCUT2D eigenvalue weighted by atomic mass is 10.1. The molecule has 4 aromatic rings. The molecule has 0 spiro atoms. The fourth-order valence-electron chi connectivity index (χ4n) is 5.13. The van der Waals surface area contributed by atoms with Gasteiger partial charge in [0.25, 0.3) is 0 Å². The third-order valence-corrected chi connectivity index (χ3v) is 7.44. The van der Waals surface area contributed by atoms with Gasteiger partial charge in [-0.15, -0.1) is 0 Å². The Kier molecular flexibility index (Phi) is 9.36. The number of halogens is 2. The van der Waals surface area contributed by atoms with E-state index in [4.69, 9.17) is 23.7 Å². The van der Waals surface area contributed by atoms with Crippen LogP contribution in [0.25, 0.3) is 10.9 Å². The molecular weight excluding hydrogens is 588 g/mol. The van der Waals surface area contributed by atoms with Crippen LogP contribution in [0.1, 0.15) is 24.9 Å². The molecule has 2 N–H and O–H groups in total. The van der Waals surface area contributed by atoms with Gasteiger partial charge < -0.3 is 34.3 Å². The number of aromatic nitrogens is 2. The number of amides is 2. The van der Waals surface area contributed by atoms with Gasteiger partial charge >= 0.3 is 6.03 Å². The van der Waals surface area contributed by atoms with Crippen molar-refractivity contribution >= 4 is 22.6 Å². The highest BCUT2D eigenvalue weighted by Gasteiger charge is 2.26. The fourth-order valence-corrected chi connectivity index (χ4v) is 5.13. The van der Waals surface area contributed by atoms with E-state index in [1.165, 1.54) is 30.6 Å². The third-order valence-electron chi connectivity index (χ3n) is 7.44. The Hall–Kier alpha value is -4.75. The molecule has 0 aliphatic carbocycles. The topological polar surface area (TPSA) is 116 Å². The van der Waals surface area contributed by atoms with Crippen molar-refractivity contribution < 1.29 is 37.3 Å². The number of carbonyl (C=O) groups is 1. The number of hydrogen-bond donors (Lipinski definition) is 2. The number of nitrogens with zero attached hydrogens (tertiary/aromatic N) is 3. The molecule has 236 valence electrons. The largest absolute Gasteiger partial charge is 0.489 e. The summed E-state index contributed by atoms with van der Waals surface area (Å²) in [6.45, 7) is 7.08. The Morgan fingerprint density at radius 1 is 0.978 bits per heavy atom. The zero-order chi connectivity index (χ0) is 31.2. The van der Waals surface area contributed by atoms with Crippen LogP contribution in [-0.2, 0) is 4.74 Å². The molecule has 0 bridgehead atoms. The Morgan fingerprint density at radius 3 is 2.53 bits per heavy atom. The second-order valence-electron chi connectivity index (χ2n) is 10.6. The first kappa shape index (κ1) is 30.3. The van der Waals surface area contributed by atoms with E-state index in [0.717, 1.165) is 50.9 Å². The van der Waals surface area contributed by atoms with Gasteiger partial charge in [0.05, 0.1) is 31.4 Å². The van der Waals surface area contributed by atoms with E-state index in [1.807, 2.05) is 0 Å². The van der Waals surface area contributed by atoms with Crippen LogP contribution in [0.3, 0.4) is 0 Å². The first-order valence-corrected chi connectivity index (χ1v) is 14.7. The number of morpholine rings is 1. The minimum atomic E-state index is -0.725. The van der Waals surface area contributed by atoms with Crippen LogP contribution in [0.2, 0.25) is 0 Å². The molecule has 1 aromatic heterocycles. The van der Waals surface area contributed by atoms with Gasteiger partial charge in [-0.1, -0.05) is 12.1 Å². The van der Waals surface area contributed by atoms with Crippen LogP contribution in [0.5, 0.6) is 28.9 Å². The molecule has 0 saturated carbocycles. The van der Waals surface area contributed by atoms with Crippen molar-refractivity contribution in [2.24, 2.45) is 0 Å². The molecule has 2 aliphatic heterocycles. The van der Waals surface area contributed by atoms with Crippen molar-refractivity contribution in [1.29, 1.82) is 0 Å². The van der Waals surface area contributed by atoms with Gasteiger partial charge in [0.2, 0.25) is 11.6 Å². The molecule has 2 amide bonds. The van der Waals surface area contributed by atoms with E-state index in [9.17, 15) is 9.18 Å². The van der Waals surface area contributed by atoms with Gasteiger partial charge in [0.15, 0.2) is 23.1 Å². The molecule has 11 nitrogen and oxygen atoms in total. The second-order valence-corrected chi connectivity index (χ2v) is 10.6. The highest BCUT2D eigenvalue weighted by molar-refractivity contribution is 5.94. The monoisotopic (exact) mass is 621 g/mol. The van der Waals surface area contributed by atoms with Crippen LogP contribution in [0.4, 0.5) is 19.3 Å². The van der Waals surface area contributed by atoms with Crippen molar-refractivity contribution in [3.05, 3.63) is 72.1 Å². The standard InChI is InChI=1S/C32H33F2N5O6/c1-20(21-3-5-22(33)6-4-21)37-32(40)38-23-7-8-26(24(34)17-23)45-31-28-25(35-19-36-31)18-27(29-30(28)44-16-15-43-29)42-12-2-9-39-10-13-41-14-11-39/h3-8,17-20H,2,9-16H2,1H3,(H2,37,38,40). The van der Waals surface area contributed by atoms with E-state index in [-0.39, 0.29) is 23.1 Å². The Balaban J connectivity index is 1.14. The summed E-state index contributed by atoms with van der Waals surface area (Å²) in [7, 11) is 0. The zero-order valence-corrected chi connectivity index (χ0v) is 24.7. The van der Waals surface area contributed by atoms with Crippen molar-refractivity contribution in [1.82, 2.24) is 20.2 Å². The van der Waals surface area contributed by atoms with Crippen molar-refractivity contribution in [3.63, 3.8) is 0 Å². The zero-order valence-electron chi connectivity index (χ0n) is 24.7. The van der Waals surface area contributed by atoms with Crippen molar-refractivity contribution in [2.45, 2.75) is 19.4 Å². The normalized spacial score (nSPS) is 15.4.